The summed E-state index contributed by atoms with van der Waals surface area (Å²) in [5, 5.41) is 20.8. The molecule has 5 rings (SSSR count). The van der Waals surface area contributed by atoms with Gasteiger partial charge >= 0.3 is 0 Å². The Kier molecular flexibility index (Phi) is 5.17. The van der Waals surface area contributed by atoms with E-state index in [1.165, 1.54) is 37.7 Å². The molecule has 0 spiro atoms. The van der Waals surface area contributed by atoms with Crippen LogP contribution in [0, 0.1) is 28.6 Å². The maximum absolute atomic E-state index is 10.6. The van der Waals surface area contributed by atoms with Gasteiger partial charge in [-0.1, -0.05) is 18.6 Å². The van der Waals surface area contributed by atoms with Crippen LogP contribution in [0.3, 0.4) is 0 Å². The molecule has 0 amide bonds. The SMILES string of the molecule is COC1(OC2CC[C@H]3[C@@H]4CC=C5C[C@@H](O)CC[C@]5(CO)[C@H]4CC[C@]23C)CCCC1. The van der Waals surface area contributed by atoms with Crippen LogP contribution in [0.4, 0.5) is 0 Å². The van der Waals surface area contributed by atoms with Gasteiger partial charge in [-0.2, -0.15) is 0 Å². The Morgan fingerprint density at radius 2 is 1.83 bits per heavy atom. The minimum Gasteiger partial charge on any atom is -0.395 e. The number of fused-ring (bicyclic) bond motifs is 5. The summed E-state index contributed by atoms with van der Waals surface area (Å²) in [6.07, 6.45) is 15.5. The zero-order chi connectivity index (χ0) is 20.3. The summed E-state index contributed by atoms with van der Waals surface area (Å²) < 4.78 is 12.7. The van der Waals surface area contributed by atoms with Crippen molar-refractivity contribution in [3.8, 4) is 0 Å². The normalized spacial score (nSPS) is 48.6. The Bertz CT molecular complexity index is 653. The third-order valence-electron chi connectivity index (χ3n) is 10.1. The molecule has 5 aliphatic carbocycles. The van der Waals surface area contributed by atoms with Crippen molar-refractivity contribution < 1.29 is 19.7 Å². The smallest absolute Gasteiger partial charge is 0.168 e. The molecule has 0 aliphatic heterocycles. The Hall–Kier alpha value is -0.420. The number of hydrogen-bond acceptors (Lipinski definition) is 4. The van der Waals surface area contributed by atoms with E-state index in [4.69, 9.17) is 9.47 Å². The van der Waals surface area contributed by atoms with Gasteiger partial charge in [0.25, 0.3) is 0 Å². The van der Waals surface area contributed by atoms with Gasteiger partial charge < -0.3 is 19.7 Å². The summed E-state index contributed by atoms with van der Waals surface area (Å²) in [7, 11) is 1.83. The molecule has 5 aliphatic rings. The van der Waals surface area contributed by atoms with Gasteiger partial charge in [-0.25, -0.2) is 0 Å². The number of ether oxygens (including phenoxy) is 2. The summed E-state index contributed by atoms with van der Waals surface area (Å²) >= 11 is 0. The first-order valence-corrected chi connectivity index (χ1v) is 12.2. The maximum atomic E-state index is 10.6. The highest BCUT2D eigenvalue weighted by Gasteiger charge is 2.61. The lowest BCUT2D eigenvalue weighted by molar-refractivity contribution is -0.263. The van der Waals surface area contributed by atoms with Crippen molar-refractivity contribution in [3.63, 3.8) is 0 Å². The van der Waals surface area contributed by atoms with Crippen molar-refractivity contribution in [1.82, 2.24) is 0 Å². The van der Waals surface area contributed by atoms with Crippen molar-refractivity contribution in [2.75, 3.05) is 13.7 Å². The first kappa shape index (κ1) is 20.5. The molecule has 4 fully saturated rings. The van der Waals surface area contributed by atoms with Gasteiger partial charge in [0.2, 0.25) is 0 Å². The van der Waals surface area contributed by atoms with Gasteiger partial charge in [0, 0.05) is 25.4 Å². The van der Waals surface area contributed by atoms with E-state index >= 15 is 0 Å². The third-order valence-corrected chi connectivity index (χ3v) is 10.1. The molecule has 1 unspecified atom stereocenters. The fourth-order valence-electron chi connectivity index (χ4n) is 8.42. The maximum Gasteiger partial charge on any atom is 0.168 e. The largest absolute Gasteiger partial charge is 0.395 e. The van der Waals surface area contributed by atoms with Crippen LogP contribution < -0.4 is 0 Å². The van der Waals surface area contributed by atoms with Crippen molar-refractivity contribution in [3.05, 3.63) is 11.6 Å². The summed E-state index contributed by atoms with van der Waals surface area (Å²) in [5.74, 6) is 1.55. The first-order valence-electron chi connectivity index (χ1n) is 12.2. The zero-order valence-corrected chi connectivity index (χ0v) is 18.4. The summed E-state index contributed by atoms with van der Waals surface area (Å²) in [5.41, 5.74) is 1.52. The highest BCUT2D eigenvalue weighted by Crippen LogP contribution is 2.65. The number of rotatable bonds is 4. The van der Waals surface area contributed by atoms with E-state index in [1.807, 2.05) is 7.11 Å². The second-order valence-electron chi connectivity index (χ2n) is 11.1. The van der Waals surface area contributed by atoms with Crippen LogP contribution in [0.25, 0.3) is 0 Å². The van der Waals surface area contributed by atoms with E-state index in [0.29, 0.717) is 23.9 Å². The lowest BCUT2D eigenvalue weighted by Gasteiger charge is -2.58. The molecule has 164 valence electrons. The fraction of sp³-hybridized carbons (Fsp3) is 0.920. The molecule has 7 atom stereocenters. The Morgan fingerprint density at radius 1 is 1.03 bits per heavy atom. The molecule has 0 radical (unpaired) electrons. The van der Waals surface area contributed by atoms with Crippen LogP contribution in [-0.4, -0.2) is 41.9 Å². The molecular formula is C25H40O4. The number of allylic oxidation sites excluding steroid dienone is 1. The Balaban J connectivity index is 1.40. The molecule has 4 heteroatoms. The van der Waals surface area contributed by atoms with E-state index < -0.39 is 0 Å². The van der Waals surface area contributed by atoms with Crippen LogP contribution in [-0.2, 0) is 9.47 Å². The lowest BCUT2D eigenvalue weighted by atomic mass is 9.47. The number of aliphatic hydroxyl groups excluding tert-OH is 2. The predicted molar refractivity (Wildman–Crippen MR) is 112 cm³/mol. The third kappa shape index (κ3) is 3.00. The molecule has 0 heterocycles. The van der Waals surface area contributed by atoms with Crippen molar-refractivity contribution in [2.45, 2.75) is 102 Å². The topological polar surface area (TPSA) is 58.9 Å². The second-order valence-corrected chi connectivity index (χ2v) is 11.1. The molecule has 0 saturated heterocycles. The van der Waals surface area contributed by atoms with E-state index in [-0.39, 0.29) is 29.3 Å². The van der Waals surface area contributed by atoms with Crippen LogP contribution >= 0.6 is 0 Å². The first-order chi connectivity index (χ1) is 14.0. The van der Waals surface area contributed by atoms with Crippen LogP contribution in [0.5, 0.6) is 0 Å². The lowest BCUT2D eigenvalue weighted by Crippen LogP contribution is -2.54. The molecule has 0 aromatic carbocycles. The van der Waals surface area contributed by atoms with Gasteiger partial charge in [0.15, 0.2) is 5.79 Å². The molecule has 29 heavy (non-hydrogen) atoms. The number of hydrogen-bond donors (Lipinski definition) is 2. The fourth-order valence-corrected chi connectivity index (χ4v) is 8.42. The zero-order valence-electron chi connectivity index (χ0n) is 18.4. The molecule has 0 bridgehead atoms. The minimum atomic E-state index is -0.342. The van der Waals surface area contributed by atoms with Gasteiger partial charge in [-0.3, -0.25) is 0 Å². The Labute approximate surface area is 176 Å². The number of methoxy groups -OCH3 is 1. The molecular weight excluding hydrogens is 364 g/mol. The van der Waals surface area contributed by atoms with Crippen molar-refractivity contribution in [1.29, 1.82) is 0 Å². The minimum absolute atomic E-state index is 0.0678. The monoisotopic (exact) mass is 404 g/mol. The number of aliphatic hydroxyl groups is 2. The van der Waals surface area contributed by atoms with E-state index in [9.17, 15) is 10.2 Å². The van der Waals surface area contributed by atoms with Gasteiger partial charge in [0.1, 0.15) is 0 Å². The van der Waals surface area contributed by atoms with E-state index in [0.717, 1.165) is 44.9 Å². The molecule has 0 aromatic heterocycles. The van der Waals surface area contributed by atoms with Crippen LogP contribution in [0.1, 0.15) is 84.0 Å². The standard InChI is InChI=1S/C25H40O4/c1-23-13-10-21-19(6-5-17-15-18(27)9-14-24(17,21)16-26)20(23)7-8-22(23)29-25(28-2)11-3-4-12-25/h5,18-22,26-27H,3-4,6-16H2,1-2H3/t18-,19-,20-,21-,22?,23-,24+/m0/s1. The quantitative estimate of drug-likeness (QED) is 0.532. The van der Waals surface area contributed by atoms with Crippen molar-refractivity contribution in [2.24, 2.45) is 28.6 Å². The van der Waals surface area contributed by atoms with Gasteiger partial charge in [-0.05, 0) is 87.4 Å². The van der Waals surface area contributed by atoms with Crippen LogP contribution in [0.15, 0.2) is 11.6 Å². The summed E-state index contributed by atoms with van der Waals surface area (Å²) in [6, 6.07) is 0. The predicted octanol–water partition coefficient (Wildman–Crippen LogP) is 4.58. The summed E-state index contributed by atoms with van der Waals surface area (Å²) in [6.45, 7) is 2.74. The van der Waals surface area contributed by atoms with Crippen LogP contribution in [0.2, 0.25) is 0 Å². The Morgan fingerprint density at radius 3 is 2.55 bits per heavy atom. The molecule has 2 N–H and O–H groups in total. The van der Waals surface area contributed by atoms with E-state index in [1.54, 1.807) is 0 Å². The second kappa shape index (κ2) is 7.32. The highest BCUT2D eigenvalue weighted by molar-refractivity contribution is 5.26. The van der Waals surface area contributed by atoms with E-state index in [2.05, 4.69) is 13.0 Å². The summed E-state index contributed by atoms with van der Waals surface area (Å²) in [4.78, 5) is 0. The average Bonchev–Trinajstić information content (AvgIpc) is 3.33. The molecule has 4 saturated carbocycles. The van der Waals surface area contributed by atoms with Gasteiger partial charge in [-0.15, -0.1) is 0 Å². The molecule has 0 aromatic rings. The highest BCUT2D eigenvalue weighted by atomic mass is 16.7. The van der Waals surface area contributed by atoms with Gasteiger partial charge in [0.05, 0.1) is 18.8 Å². The average molecular weight is 405 g/mol. The molecule has 4 nitrogen and oxygen atoms in total. The van der Waals surface area contributed by atoms with Crippen molar-refractivity contribution >= 4 is 0 Å².